The largest absolute Gasteiger partial charge is 0.504 e. The van der Waals surface area contributed by atoms with Crippen LogP contribution in [0.15, 0.2) is 78.9 Å². The molecule has 0 spiro atoms. The average Bonchev–Trinajstić information content (AvgIpc) is 3.00. The van der Waals surface area contributed by atoms with Crippen LogP contribution in [0, 0.1) is 13.8 Å². The Hall–Kier alpha value is -3.33. The highest BCUT2D eigenvalue weighted by molar-refractivity contribution is 5.79. The Morgan fingerprint density at radius 2 is 1.42 bits per heavy atom. The van der Waals surface area contributed by atoms with Crippen molar-refractivity contribution in [2.75, 3.05) is 0 Å². The molecule has 1 heterocycles. The molecule has 0 saturated heterocycles. The van der Waals surface area contributed by atoms with Gasteiger partial charge in [0, 0.05) is 11.1 Å². The van der Waals surface area contributed by atoms with E-state index in [1.165, 1.54) is 5.56 Å². The number of benzene rings is 3. The molecule has 128 valence electrons. The Bertz CT molecular complexity index is 1050. The van der Waals surface area contributed by atoms with E-state index in [1.807, 2.05) is 72.3 Å². The lowest BCUT2D eigenvalue weighted by Gasteiger charge is -2.09. The predicted molar refractivity (Wildman–Crippen MR) is 106 cm³/mol. The summed E-state index contributed by atoms with van der Waals surface area (Å²) >= 11 is 0. The number of hydrogen-bond donors (Lipinski definition) is 1. The zero-order chi connectivity index (χ0) is 18.1. The van der Waals surface area contributed by atoms with E-state index in [0.717, 1.165) is 22.4 Å². The second kappa shape index (κ2) is 6.52. The van der Waals surface area contributed by atoms with E-state index >= 15 is 0 Å². The summed E-state index contributed by atoms with van der Waals surface area (Å²) in [5.41, 5.74) is 6.37. The predicted octanol–water partition coefficient (Wildman–Crippen LogP) is 5.53. The summed E-state index contributed by atoms with van der Waals surface area (Å²) in [6.07, 6.45) is 0. The summed E-state index contributed by atoms with van der Waals surface area (Å²) in [5, 5.41) is 15.8. The second-order valence-corrected chi connectivity index (χ2v) is 6.53. The zero-order valence-electron chi connectivity index (χ0n) is 14.8. The summed E-state index contributed by atoms with van der Waals surface area (Å²) < 4.78 is 1.83. The average molecular weight is 340 g/mol. The Labute approximate surface area is 153 Å². The maximum absolute atomic E-state index is 11.0. The first-order chi connectivity index (χ1) is 12.6. The minimum absolute atomic E-state index is 0.197. The van der Waals surface area contributed by atoms with E-state index in [-0.39, 0.29) is 5.75 Å². The lowest BCUT2D eigenvalue weighted by molar-refractivity contribution is 0.479. The fourth-order valence-electron chi connectivity index (χ4n) is 3.12. The van der Waals surface area contributed by atoms with Gasteiger partial charge in [0.2, 0.25) is 0 Å². The van der Waals surface area contributed by atoms with Crippen LogP contribution in [0.5, 0.6) is 5.75 Å². The molecule has 0 unspecified atom stereocenters. The standard InChI is InChI=1S/C23H20N2O/c1-16-11-13-20(14-12-16)25-22(19-10-6-7-17(2)15-19)23(26)21(24-25)18-8-4-3-5-9-18/h3-15,26H,1-2H3. The van der Waals surface area contributed by atoms with Crippen molar-refractivity contribution in [2.24, 2.45) is 0 Å². The topological polar surface area (TPSA) is 38.0 Å². The lowest BCUT2D eigenvalue weighted by Crippen LogP contribution is -1.99. The van der Waals surface area contributed by atoms with Crippen molar-refractivity contribution in [2.45, 2.75) is 13.8 Å². The van der Waals surface area contributed by atoms with Gasteiger partial charge < -0.3 is 5.11 Å². The van der Waals surface area contributed by atoms with E-state index in [9.17, 15) is 5.11 Å². The van der Waals surface area contributed by atoms with Gasteiger partial charge in [-0.1, -0.05) is 71.8 Å². The van der Waals surface area contributed by atoms with Crippen LogP contribution in [-0.4, -0.2) is 14.9 Å². The van der Waals surface area contributed by atoms with Crippen LogP contribution in [-0.2, 0) is 0 Å². The Morgan fingerprint density at radius 1 is 0.731 bits per heavy atom. The molecule has 1 aromatic heterocycles. The zero-order valence-corrected chi connectivity index (χ0v) is 14.8. The van der Waals surface area contributed by atoms with Gasteiger partial charge in [-0.3, -0.25) is 0 Å². The van der Waals surface area contributed by atoms with E-state index in [0.29, 0.717) is 11.4 Å². The van der Waals surface area contributed by atoms with Gasteiger partial charge in [-0.25, -0.2) is 4.68 Å². The van der Waals surface area contributed by atoms with Crippen LogP contribution >= 0.6 is 0 Å². The van der Waals surface area contributed by atoms with E-state index in [2.05, 4.69) is 25.1 Å². The highest BCUT2D eigenvalue weighted by Gasteiger charge is 2.21. The van der Waals surface area contributed by atoms with Crippen molar-refractivity contribution in [1.29, 1.82) is 0 Å². The molecule has 0 amide bonds. The Morgan fingerprint density at radius 3 is 2.12 bits per heavy atom. The highest BCUT2D eigenvalue weighted by atomic mass is 16.3. The van der Waals surface area contributed by atoms with Gasteiger partial charge in [-0.05, 0) is 32.0 Å². The first-order valence-electron chi connectivity index (χ1n) is 8.65. The van der Waals surface area contributed by atoms with Gasteiger partial charge in [0.15, 0.2) is 5.75 Å². The van der Waals surface area contributed by atoms with Gasteiger partial charge in [0.05, 0.1) is 5.69 Å². The van der Waals surface area contributed by atoms with Crippen molar-refractivity contribution in [3.63, 3.8) is 0 Å². The minimum atomic E-state index is 0.197. The first kappa shape index (κ1) is 16.2. The van der Waals surface area contributed by atoms with Crippen molar-refractivity contribution < 1.29 is 5.11 Å². The summed E-state index contributed by atoms with van der Waals surface area (Å²) in [4.78, 5) is 0. The quantitative estimate of drug-likeness (QED) is 0.532. The van der Waals surface area contributed by atoms with Gasteiger partial charge >= 0.3 is 0 Å². The van der Waals surface area contributed by atoms with Gasteiger partial charge in [0.25, 0.3) is 0 Å². The van der Waals surface area contributed by atoms with Crippen molar-refractivity contribution in [3.05, 3.63) is 90.0 Å². The van der Waals surface area contributed by atoms with Crippen LogP contribution in [0.3, 0.4) is 0 Å². The number of hydrogen-bond acceptors (Lipinski definition) is 2. The van der Waals surface area contributed by atoms with Crippen molar-refractivity contribution in [1.82, 2.24) is 9.78 Å². The molecule has 0 saturated carbocycles. The summed E-state index contributed by atoms with van der Waals surface area (Å²) in [6.45, 7) is 4.10. The molecular weight excluding hydrogens is 320 g/mol. The molecule has 3 aromatic carbocycles. The van der Waals surface area contributed by atoms with E-state index < -0.39 is 0 Å². The van der Waals surface area contributed by atoms with Crippen LogP contribution in [0.25, 0.3) is 28.2 Å². The molecule has 1 N–H and O–H groups in total. The molecule has 0 radical (unpaired) electrons. The first-order valence-corrected chi connectivity index (χ1v) is 8.65. The Kier molecular flexibility index (Phi) is 4.05. The minimum Gasteiger partial charge on any atom is -0.504 e. The maximum Gasteiger partial charge on any atom is 0.170 e. The monoisotopic (exact) mass is 340 g/mol. The number of aryl methyl sites for hydroxylation is 2. The summed E-state index contributed by atoms with van der Waals surface area (Å²) in [7, 11) is 0. The third kappa shape index (κ3) is 2.88. The number of rotatable bonds is 3. The molecule has 4 rings (SSSR count). The Balaban J connectivity index is 1.98. The normalized spacial score (nSPS) is 10.8. The van der Waals surface area contributed by atoms with E-state index in [4.69, 9.17) is 5.10 Å². The van der Waals surface area contributed by atoms with Gasteiger partial charge in [0.1, 0.15) is 11.4 Å². The van der Waals surface area contributed by atoms with Gasteiger partial charge in [-0.15, -0.1) is 0 Å². The molecule has 0 aliphatic rings. The maximum atomic E-state index is 11.0. The highest BCUT2D eigenvalue weighted by Crippen LogP contribution is 2.39. The van der Waals surface area contributed by atoms with Crippen LogP contribution < -0.4 is 0 Å². The molecular formula is C23H20N2O. The second-order valence-electron chi connectivity index (χ2n) is 6.53. The lowest BCUT2D eigenvalue weighted by atomic mass is 10.1. The number of nitrogens with zero attached hydrogens (tertiary/aromatic N) is 2. The van der Waals surface area contributed by atoms with E-state index in [1.54, 1.807) is 0 Å². The van der Waals surface area contributed by atoms with Crippen molar-refractivity contribution >= 4 is 0 Å². The molecule has 0 atom stereocenters. The van der Waals surface area contributed by atoms with Crippen LogP contribution in [0.1, 0.15) is 11.1 Å². The van der Waals surface area contributed by atoms with Crippen LogP contribution in [0.2, 0.25) is 0 Å². The summed E-state index contributed by atoms with van der Waals surface area (Å²) in [5.74, 6) is 0.197. The fraction of sp³-hybridized carbons (Fsp3) is 0.0870. The van der Waals surface area contributed by atoms with Crippen molar-refractivity contribution in [3.8, 4) is 34.0 Å². The van der Waals surface area contributed by atoms with Crippen LogP contribution in [0.4, 0.5) is 0 Å². The molecule has 4 aromatic rings. The molecule has 0 aliphatic carbocycles. The molecule has 26 heavy (non-hydrogen) atoms. The molecule has 3 nitrogen and oxygen atoms in total. The fourth-order valence-corrected chi connectivity index (χ4v) is 3.12. The smallest absolute Gasteiger partial charge is 0.170 e. The van der Waals surface area contributed by atoms with Gasteiger partial charge in [-0.2, -0.15) is 5.10 Å². The molecule has 3 heteroatoms. The number of aromatic nitrogens is 2. The third-order valence-corrected chi connectivity index (χ3v) is 4.48. The molecule has 0 bridgehead atoms. The SMILES string of the molecule is Cc1ccc(-n2nc(-c3ccccc3)c(O)c2-c2cccc(C)c2)cc1. The number of aromatic hydroxyl groups is 1. The molecule has 0 aliphatic heterocycles. The summed E-state index contributed by atoms with van der Waals surface area (Å²) in [6, 6.07) is 26.0. The third-order valence-electron chi connectivity index (χ3n) is 4.48. The molecule has 0 fully saturated rings.